The summed E-state index contributed by atoms with van der Waals surface area (Å²) in [7, 11) is 0. The second-order valence-electron chi connectivity index (χ2n) is 5.80. The van der Waals surface area contributed by atoms with Gasteiger partial charge in [-0.3, -0.25) is 14.4 Å². The van der Waals surface area contributed by atoms with Crippen LogP contribution in [0, 0.1) is 0 Å². The Morgan fingerprint density at radius 3 is 1.88 bits per heavy atom. The van der Waals surface area contributed by atoms with E-state index < -0.39 is 42.3 Å². The number of carboxylic acid groups (broad SMARTS) is 2. The molecule has 1 unspecified atom stereocenters. The van der Waals surface area contributed by atoms with Crippen molar-refractivity contribution in [2.75, 3.05) is 0 Å². The fourth-order valence-corrected chi connectivity index (χ4v) is 2.14. The highest BCUT2D eigenvalue weighted by Crippen LogP contribution is 2.17. The predicted molar refractivity (Wildman–Crippen MR) is 83.2 cm³/mol. The third kappa shape index (κ3) is 9.94. The van der Waals surface area contributed by atoms with E-state index in [2.05, 4.69) is 11.7 Å². The van der Waals surface area contributed by atoms with Gasteiger partial charge in [-0.2, -0.15) is 0 Å². The van der Waals surface area contributed by atoms with Gasteiger partial charge in [-0.05, 0) is 6.42 Å². The van der Waals surface area contributed by atoms with Crippen LogP contribution in [0.1, 0.15) is 71.1 Å². The second-order valence-corrected chi connectivity index (χ2v) is 5.80. The van der Waals surface area contributed by atoms with Gasteiger partial charge in [0, 0.05) is 6.42 Å². The average molecular weight is 346 g/mol. The summed E-state index contributed by atoms with van der Waals surface area (Å²) in [6, 6.07) is 0. The van der Waals surface area contributed by atoms with Crippen LogP contribution in [-0.2, 0) is 23.9 Å². The van der Waals surface area contributed by atoms with Crippen LogP contribution in [0.3, 0.4) is 0 Å². The Labute approximate surface area is 140 Å². The molecule has 0 radical (unpaired) electrons. The monoisotopic (exact) mass is 346 g/mol. The highest BCUT2D eigenvalue weighted by Gasteiger charge is 2.41. The van der Waals surface area contributed by atoms with Crippen molar-refractivity contribution in [2.24, 2.45) is 0 Å². The third-order valence-corrected chi connectivity index (χ3v) is 3.49. The molecule has 138 valence electrons. The molecule has 0 aromatic heterocycles. The van der Waals surface area contributed by atoms with E-state index in [0.717, 1.165) is 32.1 Å². The molecule has 0 heterocycles. The van der Waals surface area contributed by atoms with Crippen LogP contribution in [0.2, 0.25) is 0 Å². The first-order valence-corrected chi connectivity index (χ1v) is 8.12. The normalized spacial score (nSPS) is 13.1. The van der Waals surface area contributed by atoms with Gasteiger partial charge in [-0.25, -0.2) is 4.79 Å². The Kier molecular flexibility index (Phi) is 10.6. The molecule has 0 bridgehead atoms. The number of carboxylic acids is 2. The van der Waals surface area contributed by atoms with Crippen LogP contribution in [0.25, 0.3) is 0 Å². The molecular formula is C16H26O8. The lowest BCUT2D eigenvalue weighted by Gasteiger charge is -2.19. The standard InChI is InChI=1S/C16H26O8/c1-2-3-4-5-6-7-8-9-13(19)24-14(20)11-16(23,15(21)22)10-12(17)18/h23H,2-11H2,1H3,(H,17,18)(H,21,22). The number of ether oxygens (including phenoxy) is 1. The lowest BCUT2D eigenvalue weighted by atomic mass is 9.96. The first kappa shape index (κ1) is 22.0. The summed E-state index contributed by atoms with van der Waals surface area (Å²) in [5.74, 6) is -5.51. The van der Waals surface area contributed by atoms with E-state index in [-0.39, 0.29) is 6.42 Å². The first-order chi connectivity index (χ1) is 11.2. The summed E-state index contributed by atoms with van der Waals surface area (Å²) in [5.41, 5.74) is -2.79. The SMILES string of the molecule is CCCCCCCCCC(=O)OC(=O)CC(O)(CC(=O)O)C(=O)O. The minimum atomic E-state index is -2.79. The number of carbonyl (C=O) groups is 4. The molecule has 0 saturated heterocycles. The predicted octanol–water partition coefficient (Wildman–Crippen LogP) is 1.88. The van der Waals surface area contributed by atoms with Crippen molar-refractivity contribution < 1.29 is 39.2 Å². The molecule has 0 aromatic carbocycles. The summed E-state index contributed by atoms with van der Waals surface area (Å²) in [4.78, 5) is 44.4. The van der Waals surface area contributed by atoms with E-state index in [1.165, 1.54) is 6.42 Å². The quantitative estimate of drug-likeness (QED) is 0.261. The smallest absolute Gasteiger partial charge is 0.336 e. The van der Waals surface area contributed by atoms with Gasteiger partial charge in [-0.1, -0.05) is 45.4 Å². The number of esters is 2. The van der Waals surface area contributed by atoms with Gasteiger partial charge >= 0.3 is 23.9 Å². The van der Waals surface area contributed by atoms with E-state index in [4.69, 9.17) is 10.2 Å². The largest absolute Gasteiger partial charge is 0.481 e. The number of unbranched alkanes of at least 4 members (excludes halogenated alkanes) is 6. The number of aliphatic carboxylic acids is 2. The molecule has 0 aliphatic heterocycles. The summed E-state index contributed by atoms with van der Waals surface area (Å²) in [6.45, 7) is 2.12. The van der Waals surface area contributed by atoms with Crippen molar-refractivity contribution in [1.29, 1.82) is 0 Å². The fourth-order valence-electron chi connectivity index (χ4n) is 2.14. The van der Waals surface area contributed by atoms with Crippen molar-refractivity contribution in [3.63, 3.8) is 0 Å². The second kappa shape index (κ2) is 11.6. The Bertz CT molecular complexity index is 445. The zero-order valence-electron chi connectivity index (χ0n) is 14.0. The minimum Gasteiger partial charge on any atom is -0.481 e. The van der Waals surface area contributed by atoms with Gasteiger partial charge in [-0.15, -0.1) is 0 Å². The van der Waals surface area contributed by atoms with Gasteiger partial charge in [0.25, 0.3) is 0 Å². The maximum atomic E-state index is 11.5. The highest BCUT2D eigenvalue weighted by molar-refractivity contribution is 5.92. The van der Waals surface area contributed by atoms with Crippen molar-refractivity contribution in [3.05, 3.63) is 0 Å². The molecule has 0 fully saturated rings. The van der Waals surface area contributed by atoms with Crippen molar-refractivity contribution in [3.8, 4) is 0 Å². The summed E-state index contributed by atoms with van der Waals surface area (Å²) >= 11 is 0. The third-order valence-electron chi connectivity index (χ3n) is 3.49. The Balaban J connectivity index is 4.10. The van der Waals surface area contributed by atoms with Gasteiger partial charge in [0.15, 0.2) is 5.60 Å². The molecule has 3 N–H and O–H groups in total. The highest BCUT2D eigenvalue weighted by atomic mass is 16.6. The molecule has 0 saturated carbocycles. The fraction of sp³-hybridized carbons (Fsp3) is 0.750. The number of hydrogen-bond donors (Lipinski definition) is 3. The summed E-state index contributed by atoms with van der Waals surface area (Å²) in [5, 5.41) is 27.1. The number of aliphatic hydroxyl groups is 1. The van der Waals surface area contributed by atoms with E-state index in [9.17, 15) is 24.3 Å². The maximum absolute atomic E-state index is 11.5. The molecule has 0 aromatic rings. The topological polar surface area (TPSA) is 138 Å². The molecule has 0 aliphatic rings. The molecule has 1 atom stereocenters. The van der Waals surface area contributed by atoms with Crippen LogP contribution in [0.5, 0.6) is 0 Å². The van der Waals surface area contributed by atoms with Gasteiger partial charge in [0.1, 0.15) is 0 Å². The molecule has 0 amide bonds. The van der Waals surface area contributed by atoms with E-state index in [1.54, 1.807) is 0 Å². The average Bonchev–Trinajstić information content (AvgIpc) is 2.44. The van der Waals surface area contributed by atoms with Crippen LogP contribution in [0.4, 0.5) is 0 Å². The number of hydrogen-bond acceptors (Lipinski definition) is 6. The lowest BCUT2D eigenvalue weighted by molar-refractivity contribution is -0.174. The van der Waals surface area contributed by atoms with Crippen LogP contribution in [0.15, 0.2) is 0 Å². The Morgan fingerprint density at radius 1 is 0.833 bits per heavy atom. The zero-order chi connectivity index (χ0) is 18.6. The molecular weight excluding hydrogens is 320 g/mol. The number of carbonyl (C=O) groups excluding carboxylic acids is 2. The van der Waals surface area contributed by atoms with Crippen molar-refractivity contribution in [2.45, 2.75) is 76.7 Å². The molecule has 8 heteroatoms. The van der Waals surface area contributed by atoms with Gasteiger partial charge in [0.05, 0.1) is 12.8 Å². The maximum Gasteiger partial charge on any atom is 0.336 e. The van der Waals surface area contributed by atoms with E-state index in [0.29, 0.717) is 6.42 Å². The van der Waals surface area contributed by atoms with E-state index in [1.807, 2.05) is 0 Å². The molecule has 24 heavy (non-hydrogen) atoms. The molecule has 0 aliphatic carbocycles. The lowest BCUT2D eigenvalue weighted by Crippen LogP contribution is -2.43. The van der Waals surface area contributed by atoms with Gasteiger partial charge in [0.2, 0.25) is 0 Å². The Morgan fingerprint density at radius 2 is 1.38 bits per heavy atom. The van der Waals surface area contributed by atoms with Crippen LogP contribution in [-0.4, -0.2) is 44.8 Å². The Hall–Kier alpha value is -1.96. The van der Waals surface area contributed by atoms with Gasteiger partial charge < -0.3 is 20.1 Å². The van der Waals surface area contributed by atoms with Crippen molar-refractivity contribution in [1.82, 2.24) is 0 Å². The van der Waals surface area contributed by atoms with Crippen LogP contribution >= 0.6 is 0 Å². The van der Waals surface area contributed by atoms with Crippen molar-refractivity contribution >= 4 is 23.9 Å². The summed E-state index contributed by atoms with van der Waals surface area (Å²) in [6.07, 6.45) is 4.68. The van der Waals surface area contributed by atoms with Crippen LogP contribution < -0.4 is 0 Å². The molecule has 8 nitrogen and oxygen atoms in total. The minimum absolute atomic E-state index is 0.0178. The van der Waals surface area contributed by atoms with E-state index >= 15 is 0 Å². The summed E-state index contributed by atoms with van der Waals surface area (Å²) < 4.78 is 4.43. The first-order valence-electron chi connectivity index (χ1n) is 8.12. The molecule has 0 rings (SSSR count). The molecule has 0 spiro atoms. The number of rotatable bonds is 13. The zero-order valence-corrected chi connectivity index (χ0v) is 14.0.